The van der Waals surface area contributed by atoms with Crippen LogP contribution in [-0.4, -0.2) is 24.9 Å². The molecule has 4 rings (SSSR count). The lowest BCUT2D eigenvalue weighted by molar-refractivity contribution is 0.0429. The number of aliphatic hydroxyl groups is 1. The Hall–Kier alpha value is -3.30. The van der Waals surface area contributed by atoms with E-state index in [4.69, 9.17) is 9.47 Å². The smallest absolute Gasteiger partial charge is 0.122 e. The Kier molecular flexibility index (Phi) is 5.97. The minimum atomic E-state index is -1.08. The van der Waals surface area contributed by atoms with Gasteiger partial charge in [0.05, 0.1) is 19.8 Å². The van der Waals surface area contributed by atoms with Crippen molar-refractivity contribution in [3.63, 3.8) is 0 Å². The van der Waals surface area contributed by atoms with Gasteiger partial charge in [-0.15, -0.1) is 0 Å². The highest BCUT2D eigenvalue weighted by Crippen LogP contribution is 2.42. The maximum atomic E-state index is 12.0. The van der Waals surface area contributed by atoms with Crippen molar-refractivity contribution in [2.24, 2.45) is 0 Å². The molecule has 0 heterocycles. The summed E-state index contributed by atoms with van der Waals surface area (Å²) in [6.45, 7) is 1.91. The van der Waals surface area contributed by atoms with Crippen LogP contribution >= 0.6 is 0 Å². The molecule has 0 saturated carbocycles. The van der Waals surface area contributed by atoms with Gasteiger partial charge < -0.3 is 14.6 Å². The van der Waals surface area contributed by atoms with Gasteiger partial charge in [-0.1, -0.05) is 72.8 Å². The maximum absolute atomic E-state index is 12.0. The fourth-order valence-corrected chi connectivity index (χ4v) is 4.53. The molecule has 4 aromatic rings. The fraction of sp³-hybridized carbons (Fsp3) is 0.214. The van der Waals surface area contributed by atoms with Crippen molar-refractivity contribution in [1.29, 1.82) is 0 Å². The monoisotopic (exact) mass is 412 g/mol. The zero-order valence-electron chi connectivity index (χ0n) is 18.2. The molecule has 3 nitrogen and oxygen atoms in total. The van der Waals surface area contributed by atoms with E-state index in [1.807, 2.05) is 61.5 Å². The van der Waals surface area contributed by atoms with Gasteiger partial charge in [-0.05, 0) is 52.6 Å². The first-order valence-corrected chi connectivity index (χ1v) is 10.5. The topological polar surface area (TPSA) is 38.7 Å². The molecule has 4 aromatic carbocycles. The van der Waals surface area contributed by atoms with Gasteiger partial charge in [-0.2, -0.15) is 0 Å². The molecule has 1 N–H and O–H groups in total. The molecular formula is C28H28O3. The average molecular weight is 413 g/mol. The number of rotatable bonds is 7. The third-order valence-corrected chi connectivity index (χ3v) is 5.92. The lowest BCUT2D eigenvalue weighted by Gasteiger charge is -2.35. The summed E-state index contributed by atoms with van der Waals surface area (Å²) in [5.74, 6) is 1.29. The van der Waals surface area contributed by atoms with Crippen LogP contribution < -0.4 is 9.47 Å². The Balaban J connectivity index is 1.89. The number of fused-ring (bicyclic) bond motifs is 1. The molecule has 0 aliphatic heterocycles. The summed E-state index contributed by atoms with van der Waals surface area (Å²) in [5, 5.41) is 14.3. The van der Waals surface area contributed by atoms with Gasteiger partial charge in [0.1, 0.15) is 11.5 Å². The Morgan fingerprint density at radius 1 is 0.806 bits per heavy atom. The van der Waals surface area contributed by atoms with Gasteiger partial charge in [-0.25, -0.2) is 0 Å². The van der Waals surface area contributed by atoms with Crippen LogP contribution in [0.5, 0.6) is 11.5 Å². The maximum Gasteiger partial charge on any atom is 0.122 e. The molecule has 2 atom stereocenters. The van der Waals surface area contributed by atoms with Crippen molar-refractivity contribution in [3.8, 4) is 11.5 Å². The van der Waals surface area contributed by atoms with E-state index in [0.717, 1.165) is 39.0 Å². The summed E-state index contributed by atoms with van der Waals surface area (Å²) in [4.78, 5) is 0. The van der Waals surface area contributed by atoms with E-state index in [2.05, 4.69) is 36.4 Å². The number of hydrogen-bond acceptors (Lipinski definition) is 3. The minimum Gasteiger partial charge on any atom is -0.497 e. The summed E-state index contributed by atoms with van der Waals surface area (Å²) >= 11 is 0. The second kappa shape index (κ2) is 8.83. The molecule has 158 valence electrons. The zero-order chi connectivity index (χ0) is 21.8. The van der Waals surface area contributed by atoms with E-state index in [-0.39, 0.29) is 5.92 Å². The third-order valence-electron chi connectivity index (χ3n) is 5.92. The second-order valence-corrected chi connectivity index (χ2v) is 8.12. The highest BCUT2D eigenvalue weighted by Gasteiger charge is 2.36. The predicted molar refractivity (Wildman–Crippen MR) is 126 cm³/mol. The van der Waals surface area contributed by atoms with Crippen molar-refractivity contribution in [1.82, 2.24) is 0 Å². The quantitative estimate of drug-likeness (QED) is 0.406. The number of benzene rings is 4. The first kappa shape index (κ1) is 21.0. The van der Waals surface area contributed by atoms with E-state index in [1.54, 1.807) is 14.2 Å². The van der Waals surface area contributed by atoms with Crippen molar-refractivity contribution in [3.05, 3.63) is 108 Å². The van der Waals surface area contributed by atoms with Gasteiger partial charge in [0.15, 0.2) is 0 Å². The molecule has 0 radical (unpaired) electrons. The molecule has 0 fully saturated rings. The Morgan fingerprint density at radius 3 is 2.32 bits per heavy atom. The molecule has 0 aliphatic carbocycles. The van der Waals surface area contributed by atoms with Crippen molar-refractivity contribution >= 4 is 10.8 Å². The highest BCUT2D eigenvalue weighted by molar-refractivity contribution is 5.86. The van der Waals surface area contributed by atoms with Gasteiger partial charge in [0.2, 0.25) is 0 Å². The molecule has 0 bridgehead atoms. The summed E-state index contributed by atoms with van der Waals surface area (Å²) in [6, 6.07) is 30.5. The Morgan fingerprint density at radius 2 is 1.52 bits per heavy atom. The molecule has 0 aromatic heterocycles. The summed E-state index contributed by atoms with van der Waals surface area (Å²) in [5.41, 5.74) is 2.00. The zero-order valence-corrected chi connectivity index (χ0v) is 18.2. The van der Waals surface area contributed by atoms with E-state index in [1.165, 1.54) is 0 Å². The SMILES string of the molecule is COc1cccc(C(c2cccc3ccccc23)C(C)(O)Cc2ccccc2OC)c1. The molecule has 3 heteroatoms. The van der Waals surface area contributed by atoms with Crippen molar-refractivity contribution < 1.29 is 14.6 Å². The van der Waals surface area contributed by atoms with E-state index >= 15 is 0 Å². The lowest BCUT2D eigenvalue weighted by atomic mass is 9.74. The standard InChI is InChI=1S/C28H28O3/c1-28(29,19-22-11-5-7-17-26(22)31-3)27(21-13-8-14-23(18-21)30-2)25-16-9-12-20-10-4-6-15-24(20)25/h4-18,27,29H,19H2,1-3H3. The van der Waals surface area contributed by atoms with Crippen LogP contribution in [0, 0.1) is 0 Å². The Labute approximate surface area is 183 Å². The number of para-hydroxylation sites is 1. The molecule has 0 spiro atoms. The van der Waals surface area contributed by atoms with Crippen LogP contribution in [0.15, 0.2) is 91.0 Å². The summed E-state index contributed by atoms with van der Waals surface area (Å²) in [7, 11) is 3.33. The molecular weight excluding hydrogens is 384 g/mol. The van der Waals surface area contributed by atoms with Crippen LogP contribution in [0.1, 0.15) is 29.5 Å². The van der Waals surface area contributed by atoms with E-state index in [9.17, 15) is 5.11 Å². The molecule has 0 amide bonds. The summed E-state index contributed by atoms with van der Waals surface area (Å²) in [6.07, 6.45) is 0.447. The molecule has 2 unspecified atom stereocenters. The second-order valence-electron chi connectivity index (χ2n) is 8.12. The number of methoxy groups -OCH3 is 2. The van der Waals surface area contributed by atoms with Crippen LogP contribution in [0.4, 0.5) is 0 Å². The van der Waals surface area contributed by atoms with Crippen LogP contribution in [-0.2, 0) is 6.42 Å². The fourth-order valence-electron chi connectivity index (χ4n) is 4.53. The lowest BCUT2D eigenvalue weighted by Crippen LogP contribution is -2.36. The average Bonchev–Trinajstić information content (AvgIpc) is 2.79. The number of hydrogen-bond donors (Lipinski definition) is 1. The van der Waals surface area contributed by atoms with Gasteiger partial charge in [-0.3, -0.25) is 0 Å². The van der Waals surface area contributed by atoms with Gasteiger partial charge in [0, 0.05) is 12.3 Å². The molecule has 0 saturated heterocycles. The van der Waals surface area contributed by atoms with Gasteiger partial charge in [0.25, 0.3) is 0 Å². The van der Waals surface area contributed by atoms with Crippen molar-refractivity contribution in [2.75, 3.05) is 14.2 Å². The largest absolute Gasteiger partial charge is 0.497 e. The Bertz CT molecular complexity index is 1170. The van der Waals surface area contributed by atoms with Crippen molar-refractivity contribution in [2.45, 2.75) is 24.9 Å². The van der Waals surface area contributed by atoms with Crippen LogP contribution in [0.2, 0.25) is 0 Å². The van der Waals surface area contributed by atoms with E-state index in [0.29, 0.717) is 6.42 Å². The number of ether oxygens (including phenoxy) is 2. The highest BCUT2D eigenvalue weighted by atomic mass is 16.5. The van der Waals surface area contributed by atoms with Gasteiger partial charge >= 0.3 is 0 Å². The minimum absolute atomic E-state index is 0.265. The first-order chi connectivity index (χ1) is 15.0. The van der Waals surface area contributed by atoms with Crippen LogP contribution in [0.3, 0.4) is 0 Å². The van der Waals surface area contributed by atoms with E-state index < -0.39 is 5.60 Å². The predicted octanol–water partition coefficient (Wildman–Crippen LogP) is 5.98. The summed E-state index contributed by atoms with van der Waals surface area (Å²) < 4.78 is 11.1. The van der Waals surface area contributed by atoms with Crippen LogP contribution in [0.25, 0.3) is 10.8 Å². The molecule has 31 heavy (non-hydrogen) atoms. The molecule has 0 aliphatic rings. The normalized spacial score (nSPS) is 14.1. The third kappa shape index (κ3) is 4.28. The first-order valence-electron chi connectivity index (χ1n) is 10.5.